The Morgan fingerprint density at radius 3 is 2.33 bits per heavy atom. The van der Waals surface area contributed by atoms with E-state index in [9.17, 15) is 5.11 Å². The molecule has 0 radical (unpaired) electrons. The van der Waals surface area contributed by atoms with Crippen molar-refractivity contribution in [3.8, 4) is 0 Å². The number of rotatable bonds is 2. The summed E-state index contributed by atoms with van der Waals surface area (Å²) in [5.74, 6) is 0.583. The molecule has 2 nitrogen and oxygen atoms in total. The predicted octanol–water partition coefficient (Wildman–Crippen LogP) is 2.98. The van der Waals surface area contributed by atoms with Gasteiger partial charge in [-0.2, -0.15) is 0 Å². The molecule has 1 aromatic heterocycles. The minimum Gasteiger partial charge on any atom is -0.466 e. The summed E-state index contributed by atoms with van der Waals surface area (Å²) in [4.78, 5) is 0. The van der Waals surface area contributed by atoms with Crippen LogP contribution in [0.1, 0.15) is 28.6 Å². The van der Waals surface area contributed by atoms with Crippen LogP contribution in [-0.2, 0) is 0 Å². The monoisotopic (exact) mass is 202 g/mol. The van der Waals surface area contributed by atoms with E-state index in [1.54, 1.807) is 18.4 Å². The van der Waals surface area contributed by atoms with Gasteiger partial charge in [0.25, 0.3) is 0 Å². The summed E-state index contributed by atoms with van der Waals surface area (Å²) >= 11 is 0. The molecule has 2 rings (SSSR count). The van der Waals surface area contributed by atoms with Gasteiger partial charge in [-0.15, -0.1) is 0 Å². The predicted molar refractivity (Wildman–Crippen MR) is 58.7 cm³/mol. The van der Waals surface area contributed by atoms with Crippen molar-refractivity contribution in [1.82, 2.24) is 0 Å². The average molecular weight is 202 g/mol. The maximum absolute atomic E-state index is 10.0. The van der Waals surface area contributed by atoms with E-state index in [-0.39, 0.29) is 0 Å². The Morgan fingerprint density at radius 2 is 1.80 bits per heavy atom. The summed E-state index contributed by atoms with van der Waals surface area (Å²) in [5, 5.41) is 10.0. The number of aryl methyl sites for hydroxylation is 2. The number of aliphatic hydroxyl groups is 1. The van der Waals surface area contributed by atoms with Crippen LogP contribution in [0.15, 0.2) is 41.0 Å². The highest BCUT2D eigenvalue weighted by molar-refractivity contribution is 5.32. The second-order valence-corrected chi connectivity index (χ2v) is 3.84. The second kappa shape index (κ2) is 3.91. The van der Waals surface area contributed by atoms with Gasteiger partial charge < -0.3 is 9.52 Å². The summed E-state index contributed by atoms with van der Waals surface area (Å²) in [7, 11) is 0. The molecule has 1 unspecified atom stereocenters. The molecule has 1 heterocycles. The van der Waals surface area contributed by atoms with E-state index in [2.05, 4.69) is 6.07 Å². The molecule has 0 bridgehead atoms. The van der Waals surface area contributed by atoms with Crippen molar-refractivity contribution in [2.45, 2.75) is 20.0 Å². The zero-order valence-corrected chi connectivity index (χ0v) is 8.90. The lowest BCUT2D eigenvalue weighted by Gasteiger charge is -2.10. The fraction of sp³-hybridized carbons (Fsp3) is 0.231. The third kappa shape index (κ3) is 2.10. The quantitative estimate of drug-likeness (QED) is 0.812. The Bertz CT molecular complexity index is 423. The molecule has 0 fully saturated rings. The van der Waals surface area contributed by atoms with E-state index in [1.807, 2.05) is 26.0 Å². The van der Waals surface area contributed by atoms with Crippen LogP contribution in [0.25, 0.3) is 0 Å². The third-order valence-corrected chi connectivity index (χ3v) is 2.37. The van der Waals surface area contributed by atoms with Gasteiger partial charge in [0.05, 0.1) is 6.26 Å². The van der Waals surface area contributed by atoms with Gasteiger partial charge in [0.1, 0.15) is 11.9 Å². The van der Waals surface area contributed by atoms with Crippen molar-refractivity contribution >= 4 is 0 Å². The molecule has 0 saturated heterocycles. The normalized spacial score (nSPS) is 12.7. The molecular formula is C13H14O2. The summed E-state index contributed by atoms with van der Waals surface area (Å²) in [6.07, 6.45) is 0.903. The molecule has 2 aromatic rings. The zero-order chi connectivity index (χ0) is 10.8. The number of furan rings is 1. The van der Waals surface area contributed by atoms with Crippen LogP contribution in [-0.4, -0.2) is 5.11 Å². The van der Waals surface area contributed by atoms with Crippen LogP contribution in [0, 0.1) is 13.8 Å². The minimum absolute atomic E-state index is 0.583. The number of hydrogen-bond donors (Lipinski definition) is 1. The van der Waals surface area contributed by atoms with Crippen molar-refractivity contribution in [2.24, 2.45) is 0 Å². The molecule has 0 aliphatic rings. The first-order chi connectivity index (χ1) is 7.16. The van der Waals surface area contributed by atoms with E-state index in [0.29, 0.717) is 5.76 Å². The fourth-order valence-corrected chi connectivity index (χ4v) is 1.78. The number of aliphatic hydroxyl groups excluding tert-OH is 1. The Hall–Kier alpha value is -1.54. The standard InChI is InChI=1S/C13H14O2/c1-9-6-10(2)8-11(7-9)13(14)12-4-3-5-15-12/h3-8,13-14H,1-2H3. The highest BCUT2D eigenvalue weighted by atomic mass is 16.4. The molecule has 0 amide bonds. The zero-order valence-electron chi connectivity index (χ0n) is 8.90. The highest BCUT2D eigenvalue weighted by Gasteiger charge is 2.13. The molecule has 0 aliphatic carbocycles. The van der Waals surface area contributed by atoms with Crippen molar-refractivity contribution in [3.63, 3.8) is 0 Å². The summed E-state index contributed by atoms with van der Waals surface area (Å²) in [6, 6.07) is 9.59. The SMILES string of the molecule is Cc1cc(C)cc(C(O)c2ccco2)c1. The first kappa shape index (κ1) is 9.99. The smallest absolute Gasteiger partial charge is 0.137 e. The lowest BCUT2D eigenvalue weighted by Crippen LogP contribution is -1.98. The van der Waals surface area contributed by atoms with Crippen LogP contribution in [0.4, 0.5) is 0 Å². The molecule has 1 aromatic carbocycles. The Labute approximate surface area is 89.2 Å². The Morgan fingerprint density at radius 1 is 1.13 bits per heavy atom. The first-order valence-corrected chi connectivity index (χ1v) is 4.96. The Balaban J connectivity index is 2.37. The van der Waals surface area contributed by atoms with Gasteiger partial charge in [-0.1, -0.05) is 29.3 Å². The van der Waals surface area contributed by atoms with Gasteiger partial charge in [0, 0.05) is 0 Å². The molecule has 0 spiro atoms. The number of benzene rings is 1. The molecule has 0 saturated carbocycles. The van der Waals surface area contributed by atoms with Gasteiger partial charge in [-0.05, 0) is 31.5 Å². The van der Waals surface area contributed by atoms with Crippen molar-refractivity contribution in [1.29, 1.82) is 0 Å². The van der Waals surface area contributed by atoms with Crippen molar-refractivity contribution < 1.29 is 9.52 Å². The molecule has 2 heteroatoms. The van der Waals surface area contributed by atoms with Gasteiger partial charge in [-0.25, -0.2) is 0 Å². The second-order valence-electron chi connectivity index (χ2n) is 3.84. The van der Waals surface area contributed by atoms with Crippen molar-refractivity contribution in [3.05, 3.63) is 59.0 Å². The maximum atomic E-state index is 10.0. The van der Waals surface area contributed by atoms with Crippen LogP contribution in [0.5, 0.6) is 0 Å². The molecule has 1 atom stereocenters. The van der Waals surface area contributed by atoms with E-state index in [4.69, 9.17) is 4.42 Å². The Kier molecular flexibility index (Phi) is 2.60. The first-order valence-electron chi connectivity index (χ1n) is 4.96. The van der Waals surface area contributed by atoms with Crippen LogP contribution >= 0.6 is 0 Å². The van der Waals surface area contributed by atoms with Gasteiger partial charge >= 0.3 is 0 Å². The van der Waals surface area contributed by atoms with E-state index in [0.717, 1.165) is 16.7 Å². The molecule has 78 valence electrons. The lowest BCUT2D eigenvalue weighted by atomic mass is 10.0. The summed E-state index contributed by atoms with van der Waals surface area (Å²) in [5.41, 5.74) is 3.17. The maximum Gasteiger partial charge on any atom is 0.137 e. The van der Waals surface area contributed by atoms with Gasteiger partial charge in [0.2, 0.25) is 0 Å². The molecular weight excluding hydrogens is 188 g/mol. The summed E-state index contributed by atoms with van der Waals surface area (Å²) in [6.45, 7) is 4.04. The van der Waals surface area contributed by atoms with Gasteiger partial charge in [-0.3, -0.25) is 0 Å². The third-order valence-electron chi connectivity index (χ3n) is 2.37. The van der Waals surface area contributed by atoms with Crippen LogP contribution in [0.2, 0.25) is 0 Å². The largest absolute Gasteiger partial charge is 0.466 e. The summed E-state index contributed by atoms with van der Waals surface area (Å²) < 4.78 is 5.18. The van der Waals surface area contributed by atoms with Crippen LogP contribution in [0.3, 0.4) is 0 Å². The van der Waals surface area contributed by atoms with Crippen LogP contribution < -0.4 is 0 Å². The molecule has 1 N–H and O–H groups in total. The molecule has 0 aliphatic heterocycles. The van der Waals surface area contributed by atoms with E-state index >= 15 is 0 Å². The molecule has 15 heavy (non-hydrogen) atoms. The fourth-order valence-electron chi connectivity index (χ4n) is 1.78. The van der Waals surface area contributed by atoms with Crippen molar-refractivity contribution in [2.75, 3.05) is 0 Å². The lowest BCUT2D eigenvalue weighted by molar-refractivity contribution is 0.189. The minimum atomic E-state index is -0.668. The topological polar surface area (TPSA) is 33.4 Å². The average Bonchev–Trinajstić information content (AvgIpc) is 2.67. The highest BCUT2D eigenvalue weighted by Crippen LogP contribution is 2.23. The van der Waals surface area contributed by atoms with Gasteiger partial charge in [0.15, 0.2) is 0 Å². The van der Waals surface area contributed by atoms with E-state index in [1.165, 1.54) is 0 Å². The van der Waals surface area contributed by atoms with E-state index < -0.39 is 6.10 Å². The number of hydrogen-bond acceptors (Lipinski definition) is 2.